The van der Waals surface area contributed by atoms with E-state index in [4.69, 9.17) is 16.9 Å². The molecule has 0 bridgehead atoms. The van der Waals surface area contributed by atoms with E-state index in [1.165, 1.54) is 0 Å². The van der Waals surface area contributed by atoms with Gasteiger partial charge in [-0.05, 0) is 23.3 Å². The van der Waals surface area contributed by atoms with Crippen LogP contribution < -0.4 is 5.32 Å². The average molecular weight is 285 g/mol. The number of rotatable bonds is 4. The lowest BCUT2D eigenvalue weighted by atomic mass is 10.1. The predicted molar refractivity (Wildman–Crippen MR) is 79.4 cm³/mol. The van der Waals surface area contributed by atoms with E-state index in [2.05, 4.69) is 11.4 Å². The first-order chi connectivity index (χ1) is 9.70. The van der Waals surface area contributed by atoms with Gasteiger partial charge in [-0.15, -0.1) is 11.6 Å². The van der Waals surface area contributed by atoms with Crippen LogP contribution in [0.1, 0.15) is 16.5 Å². The number of nitrogens with zero attached hydrogens (tertiary/aromatic N) is 1. The van der Waals surface area contributed by atoms with Gasteiger partial charge in [0.25, 0.3) is 0 Å². The van der Waals surface area contributed by atoms with Crippen molar-refractivity contribution in [1.29, 1.82) is 5.26 Å². The number of benzene rings is 2. The Hall–Kier alpha value is -2.31. The molecule has 1 atom stereocenters. The van der Waals surface area contributed by atoms with Crippen molar-refractivity contribution in [3.8, 4) is 6.07 Å². The van der Waals surface area contributed by atoms with Crippen LogP contribution in [-0.4, -0.2) is 5.91 Å². The minimum atomic E-state index is -0.727. The summed E-state index contributed by atoms with van der Waals surface area (Å²) >= 11 is 6.13. The van der Waals surface area contributed by atoms with Gasteiger partial charge in [0.05, 0.1) is 12.5 Å². The first-order valence-electron chi connectivity index (χ1n) is 6.16. The third-order valence-corrected chi connectivity index (χ3v) is 3.28. The molecule has 0 fully saturated rings. The monoisotopic (exact) mass is 284 g/mol. The Bertz CT molecular complexity index is 617. The Morgan fingerprint density at radius 2 is 1.80 bits per heavy atom. The summed E-state index contributed by atoms with van der Waals surface area (Å²) in [5.41, 5.74) is 2.34. The summed E-state index contributed by atoms with van der Waals surface area (Å²) < 4.78 is 0. The molecule has 2 rings (SSSR count). The molecule has 0 radical (unpaired) electrons. The maximum Gasteiger partial charge on any atom is 0.246 e. The first-order valence-corrected chi connectivity index (χ1v) is 6.60. The summed E-state index contributed by atoms with van der Waals surface area (Å²) in [6.45, 7) is 0. The average Bonchev–Trinajstić information content (AvgIpc) is 2.49. The molecule has 1 N–H and O–H groups in total. The molecular weight excluding hydrogens is 272 g/mol. The standard InChI is InChI=1S/C16H13ClN2O/c17-15(13-4-2-1-3-5-13)16(20)19-14-8-6-12(7-9-14)10-11-18/h1-9,15H,10H2,(H,19,20). The SMILES string of the molecule is N#CCc1ccc(NC(=O)C(Cl)c2ccccc2)cc1. The number of halogens is 1. The molecule has 100 valence electrons. The van der Waals surface area contributed by atoms with E-state index >= 15 is 0 Å². The second-order valence-electron chi connectivity index (χ2n) is 4.29. The number of hydrogen-bond acceptors (Lipinski definition) is 2. The quantitative estimate of drug-likeness (QED) is 0.871. The van der Waals surface area contributed by atoms with Crippen LogP contribution in [0.5, 0.6) is 0 Å². The number of hydrogen-bond donors (Lipinski definition) is 1. The number of anilines is 1. The van der Waals surface area contributed by atoms with Crippen molar-refractivity contribution >= 4 is 23.2 Å². The first kappa shape index (κ1) is 14.1. The number of alkyl halides is 1. The summed E-state index contributed by atoms with van der Waals surface area (Å²) in [7, 11) is 0. The summed E-state index contributed by atoms with van der Waals surface area (Å²) in [4.78, 5) is 12.0. The van der Waals surface area contributed by atoms with Gasteiger partial charge < -0.3 is 5.32 Å². The Kier molecular flexibility index (Phi) is 4.75. The molecule has 2 aromatic rings. The van der Waals surface area contributed by atoms with Gasteiger partial charge in [-0.25, -0.2) is 0 Å². The Morgan fingerprint density at radius 3 is 2.40 bits per heavy atom. The van der Waals surface area contributed by atoms with Crippen molar-refractivity contribution < 1.29 is 4.79 Å². The Balaban J connectivity index is 2.03. The van der Waals surface area contributed by atoms with Crippen LogP contribution in [-0.2, 0) is 11.2 Å². The largest absolute Gasteiger partial charge is 0.325 e. The maximum atomic E-state index is 12.0. The summed E-state index contributed by atoms with van der Waals surface area (Å²) in [5, 5.41) is 10.6. The van der Waals surface area contributed by atoms with Crippen LogP contribution in [0.25, 0.3) is 0 Å². The van der Waals surface area contributed by atoms with Gasteiger partial charge in [0.1, 0.15) is 5.38 Å². The minimum Gasteiger partial charge on any atom is -0.325 e. The van der Waals surface area contributed by atoms with Crippen molar-refractivity contribution in [2.45, 2.75) is 11.8 Å². The lowest BCUT2D eigenvalue weighted by Gasteiger charge is -2.11. The fourth-order valence-corrected chi connectivity index (χ4v) is 1.98. The molecule has 0 aliphatic rings. The number of nitriles is 1. The minimum absolute atomic E-state index is 0.272. The molecular formula is C16H13ClN2O. The second kappa shape index (κ2) is 6.74. The van der Waals surface area contributed by atoms with E-state index in [1.54, 1.807) is 12.1 Å². The number of nitrogens with one attached hydrogen (secondary N) is 1. The van der Waals surface area contributed by atoms with Gasteiger partial charge in [-0.3, -0.25) is 4.79 Å². The fraction of sp³-hybridized carbons (Fsp3) is 0.125. The van der Waals surface area contributed by atoms with Crippen LogP contribution >= 0.6 is 11.6 Å². The van der Waals surface area contributed by atoms with Crippen LogP contribution in [0.2, 0.25) is 0 Å². The molecule has 0 aromatic heterocycles. The number of carbonyl (C=O) groups is 1. The molecule has 0 saturated carbocycles. The highest BCUT2D eigenvalue weighted by Crippen LogP contribution is 2.22. The van der Waals surface area contributed by atoms with Crippen molar-refractivity contribution in [3.63, 3.8) is 0 Å². The maximum absolute atomic E-state index is 12.0. The normalized spacial score (nSPS) is 11.4. The van der Waals surface area contributed by atoms with Gasteiger partial charge in [0.15, 0.2) is 0 Å². The van der Waals surface area contributed by atoms with Gasteiger partial charge >= 0.3 is 0 Å². The Morgan fingerprint density at radius 1 is 1.15 bits per heavy atom. The molecule has 0 spiro atoms. The van der Waals surface area contributed by atoms with Gasteiger partial charge in [0, 0.05) is 5.69 Å². The van der Waals surface area contributed by atoms with E-state index in [9.17, 15) is 4.79 Å². The molecule has 20 heavy (non-hydrogen) atoms. The molecule has 4 heteroatoms. The zero-order valence-corrected chi connectivity index (χ0v) is 11.5. The number of carbonyl (C=O) groups excluding carboxylic acids is 1. The van der Waals surface area contributed by atoms with Crippen molar-refractivity contribution in [1.82, 2.24) is 0 Å². The predicted octanol–water partition coefficient (Wildman–Crippen LogP) is 3.67. The van der Waals surface area contributed by atoms with Gasteiger partial charge in [-0.1, -0.05) is 42.5 Å². The molecule has 0 aliphatic carbocycles. The molecule has 0 aliphatic heterocycles. The molecule has 2 aromatic carbocycles. The molecule has 1 amide bonds. The molecule has 0 heterocycles. The summed E-state index contributed by atoms with van der Waals surface area (Å²) in [6, 6.07) is 18.4. The van der Waals surface area contributed by atoms with E-state index in [-0.39, 0.29) is 5.91 Å². The van der Waals surface area contributed by atoms with E-state index < -0.39 is 5.38 Å². The Labute approximate surface area is 122 Å². The zero-order valence-electron chi connectivity index (χ0n) is 10.7. The van der Waals surface area contributed by atoms with E-state index in [0.29, 0.717) is 12.1 Å². The fourth-order valence-electron chi connectivity index (χ4n) is 1.78. The lowest BCUT2D eigenvalue weighted by Crippen LogP contribution is -2.17. The number of amides is 1. The van der Waals surface area contributed by atoms with Crippen LogP contribution in [0.4, 0.5) is 5.69 Å². The highest BCUT2D eigenvalue weighted by molar-refractivity contribution is 6.32. The van der Waals surface area contributed by atoms with Crippen molar-refractivity contribution in [2.24, 2.45) is 0 Å². The summed E-state index contributed by atoms with van der Waals surface area (Å²) in [6.07, 6.45) is 0.358. The topological polar surface area (TPSA) is 52.9 Å². The van der Waals surface area contributed by atoms with Crippen LogP contribution in [0.3, 0.4) is 0 Å². The van der Waals surface area contributed by atoms with Crippen molar-refractivity contribution in [2.75, 3.05) is 5.32 Å². The van der Waals surface area contributed by atoms with E-state index in [0.717, 1.165) is 11.1 Å². The van der Waals surface area contributed by atoms with Gasteiger partial charge in [-0.2, -0.15) is 5.26 Å². The zero-order chi connectivity index (χ0) is 14.4. The molecule has 3 nitrogen and oxygen atoms in total. The van der Waals surface area contributed by atoms with E-state index in [1.807, 2.05) is 42.5 Å². The molecule has 0 saturated heterocycles. The lowest BCUT2D eigenvalue weighted by molar-refractivity contribution is -0.116. The second-order valence-corrected chi connectivity index (χ2v) is 4.73. The smallest absolute Gasteiger partial charge is 0.246 e. The molecule has 1 unspecified atom stereocenters. The third-order valence-electron chi connectivity index (χ3n) is 2.83. The third kappa shape index (κ3) is 3.59. The van der Waals surface area contributed by atoms with Crippen LogP contribution in [0.15, 0.2) is 54.6 Å². The van der Waals surface area contributed by atoms with Crippen LogP contribution in [0, 0.1) is 11.3 Å². The highest BCUT2D eigenvalue weighted by atomic mass is 35.5. The van der Waals surface area contributed by atoms with Gasteiger partial charge in [0.2, 0.25) is 5.91 Å². The highest BCUT2D eigenvalue weighted by Gasteiger charge is 2.17. The summed E-state index contributed by atoms with van der Waals surface area (Å²) in [5.74, 6) is -0.272. The van der Waals surface area contributed by atoms with Crippen molar-refractivity contribution in [3.05, 3.63) is 65.7 Å².